The minimum atomic E-state index is -0.480. The molecule has 3 aromatic rings. The van der Waals surface area contributed by atoms with Crippen LogP contribution in [0.3, 0.4) is 0 Å². The number of nitrogens with one attached hydrogen (secondary N) is 1. The Balaban J connectivity index is 1.84. The van der Waals surface area contributed by atoms with Gasteiger partial charge in [-0.15, -0.1) is 0 Å². The summed E-state index contributed by atoms with van der Waals surface area (Å²) in [5.74, 6) is 5.10. The van der Waals surface area contributed by atoms with Gasteiger partial charge in [0.15, 0.2) is 6.29 Å². The number of nitrogens with zero attached hydrogens (tertiary/aromatic N) is 1. The lowest BCUT2D eigenvalue weighted by molar-refractivity contribution is -0.103. The smallest absolute Gasteiger partial charge is 0.330 e. The fourth-order valence-electron chi connectivity index (χ4n) is 3.78. The summed E-state index contributed by atoms with van der Waals surface area (Å²) < 4.78 is 7.32. The molecule has 0 aliphatic rings. The van der Waals surface area contributed by atoms with E-state index in [1.807, 2.05) is 45.0 Å². The van der Waals surface area contributed by atoms with E-state index in [1.165, 1.54) is 4.57 Å². The first-order valence-corrected chi connectivity index (χ1v) is 10.4. The Labute approximate surface area is 186 Å². The maximum atomic E-state index is 12.6. The van der Waals surface area contributed by atoms with E-state index in [1.54, 1.807) is 0 Å². The van der Waals surface area contributed by atoms with Crippen molar-refractivity contribution in [3.63, 3.8) is 0 Å². The van der Waals surface area contributed by atoms with Gasteiger partial charge in [0, 0.05) is 23.2 Å². The Morgan fingerprint density at radius 3 is 2.34 bits per heavy atom. The van der Waals surface area contributed by atoms with E-state index in [-0.39, 0.29) is 18.9 Å². The number of aromatic amines is 1. The van der Waals surface area contributed by atoms with Crippen molar-refractivity contribution >= 4 is 6.29 Å². The van der Waals surface area contributed by atoms with Gasteiger partial charge in [-0.1, -0.05) is 54.3 Å². The first-order valence-electron chi connectivity index (χ1n) is 10.4. The van der Waals surface area contributed by atoms with Gasteiger partial charge in [0.2, 0.25) is 0 Å². The normalized spacial score (nSPS) is 10.5. The van der Waals surface area contributed by atoms with Crippen LogP contribution < -0.4 is 11.2 Å². The van der Waals surface area contributed by atoms with Gasteiger partial charge < -0.3 is 4.74 Å². The molecule has 32 heavy (non-hydrogen) atoms. The lowest BCUT2D eigenvalue weighted by atomic mass is 10.0. The molecule has 0 saturated heterocycles. The summed E-state index contributed by atoms with van der Waals surface area (Å²) in [6, 6.07) is 13.6. The van der Waals surface area contributed by atoms with Crippen LogP contribution in [0.5, 0.6) is 0 Å². The molecule has 0 aliphatic heterocycles. The lowest BCUT2D eigenvalue weighted by Gasteiger charge is -2.16. The van der Waals surface area contributed by atoms with Crippen LogP contribution in [-0.2, 0) is 35.7 Å². The zero-order valence-corrected chi connectivity index (χ0v) is 18.5. The topological polar surface area (TPSA) is 81.2 Å². The molecule has 0 saturated carbocycles. The largest absolute Gasteiger partial charge is 0.356 e. The number of H-pyrrole nitrogens is 1. The van der Waals surface area contributed by atoms with E-state index < -0.39 is 5.69 Å². The van der Waals surface area contributed by atoms with Gasteiger partial charge in [0.05, 0.1) is 6.61 Å². The minimum absolute atomic E-state index is 0.0233. The Kier molecular flexibility index (Phi) is 7.58. The molecule has 0 unspecified atom stereocenters. The van der Waals surface area contributed by atoms with E-state index >= 15 is 0 Å². The molecule has 0 aliphatic carbocycles. The standard InChI is InChI=1S/C26H26N2O4/c1-4-23-24(15-22-13-18(2)12-19(3)14-22)28(26(31)27-25(23)30)17-32-16-21-9-7-20(8-10-21)6-5-11-29/h7-14H,4,15-17H2,1-3H3,(H,27,30,31). The molecule has 1 N–H and O–H groups in total. The Morgan fingerprint density at radius 2 is 1.72 bits per heavy atom. The van der Waals surface area contributed by atoms with Crippen molar-refractivity contribution in [2.75, 3.05) is 0 Å². The van der Waals surface area contributed by atoms with Crippen LogP contribution in [0.1, 0.15) is 46.0 Å². The molecule has 164 valence electrons. The van der Waals surface area contributed by atoms with Crippen molar-refractivity contribution in [1.82, 2.24) is 9.55 Å². The molecule has 0 amide bonds. The molecule has 3 rings (SSSR count). The third kappa shape index (κ3) is 5.71. The van der Waals surface area contributed by atoms with Crippen molar-refractivity contribution in [1.29, 1.82) is 0 Å². The Bertz CT molecular complexity index is 1270. The van der Waals surface area contributed by atoms with E-state index in [0.29, 0.717) is 30.4 Å². The maximum absolute atomic E-state index is 12.6. The molecule has 1 heterocycles. The second-order valence-electron chi connectivity index (χ2n) is 7.70. The average Bonchev–Trinajstić information content (AvgIpc) is 2.74. The molecular weight excluding hydrogens is 404 g/mol. The lowest BCUT2D eigenvalue weighted by Crippen LogP contribution is -2.36. The van der Waals surface area contributed by atoms with Crippen LogP contribution in [0, 0.1) is 25.7 Å². The van der Waals surface area contributed by atoms with Crippen LogP contribution >= 0.6 is 0 Å². The quantitative estimate of drug-likeness (QED) is 0.462. The zero-order valence-electron chi connectivity index (χ0n) is 18.5. The van der Waals surface area contributed by atoms with Gasteiger partial charge in [-0.3, -0.25) is 19.1 Å². The van der Waals surface area contributed by atoms with Crippen LogP contribution in [0.15, 0.2) is 52.1 Å². The Morgan fingerprint density at radius 1 is 1.03 bits per heavy atom. The second kappa shape index (κ2) is 10.6. The highest BCUT2D eigenvalue weighted by atomic mass is 16.5. The van der Waals surface area contributed by atoms with Crippen LogP contribution in [0.4, 0.5) is 0 Å². The molecule has 0 atom stereocenters. The van der Waals surface area contributed by atoms with E-state index in [9.17, 15) is 14.4 Å². The van der Waals surface area contributed by atoms with Crippen molar-refractivity contribution in [2.45, 2.75) is 47.0 Å². The number of hydrogen-bond acceptors (Lipinski definition) is 4. The predicted octanol–water partition coefficient (Wildman–Crippen LogP) is 3.03. The van der Waals surface area contributed by atoms with Gasteiger partial charge in [-0.05, 0) is 49.4 Å². The number of aryl methyl sites for hydroxylation is 2. The van der Waals surface area contributed by atoms with E-state index in [4.69, 9.17) is 4.74 Å². The van der Waals surface area contributed by atoms with E-state index in [2.05, 4.69) is 35.0 Å². The highest BCUT2D eigenvalue weighted by Gasteiger charge is 2.15. The third-order valence-corrected chi connectivity index (χ3v) is 5.14. The van der Waals surface area contributed by atoms with Crippen LogP contribution in [-0.4, -0.2) is 15.8 Å². The number of ether oxygens (including phenoxy) is 1. The monoisotopic (exact) mass is 430 g/mol. The number of aldehydes is 1. The molecule has 0 fully saturated rings. The second-order valence-corrected chi connectivity index (χ2v) is 7.70. The molecule has 0 bridgehead atoms. The summed E-state index contributed by atoms with van der Waals surface area (Å²) in [4.78, 5) is 37.8. The fourth-order valence-corrected chi connectivity index (χ4v) is 3.78. The summed E-state index contributed by atoms with van der Waals surface area (Å²) in [5.41, 5.74) is 5.39. The molecule has 6 nitrogen and oxygen atoms in total. The maximum Gasteiger partial charge on any atom is 0.330 e. The number of hydrogen-bond donors (Lipinski definition) is 1. The number of rotatable bonds is 7. The summed E-state index contributed by atoms with van der Waals surface area (Å²) in [6.45, 7) is 6.27. The number of carbonyl (C=O) groups excluding carboxylic acids is 1. The average molecular weight is 431 g/mol. The Hall–Kier alpha value is -3.69. The summed E-state index contributed by atoms with van der Waals surface area (Å²) >= 11 is 0. The highest BCUT2D eigenvalue weighted by molar-refractivity contribution is 5.73. The molecule has 0 spiro atoms. The van der Waals surface area contributed by atoms with Gasteiger partial charge in [0.25, 0.3) is 5.56 Å². The number of benzene rings is 2. The van der Waals surface area contributed by atoms with Crippen molar-refractivity contribution in [3.05, 3.63) is 102 Å². The predicted molar refractivity (Wildman–Crippen MR) is 124 cm³/mol. The molecule has 2 aromatic carbocycles. The molecule has 0 radical (unpaired) electrons. The van der Waals surface area contributed by atoms with Gasteiger partial charge >= 0.3 is 5.69 Å². The molecule has 6 heteroatoms. The van der Waals surface area contributed by atoms with Crippen molar-refractivity contribution in [2.24, 2.45) is 0 Å². The third-order valence-electron chi connectivity index (χ3n) is 5.14. The summed E-state index contributed by atoms with van der Waals surface area (Å²) in [7, 11) is 0. The first kappa shape index (κ1) is 23.0. The van der Waals surface area contributed by atoms with E-state index in [0.717, 1.165) is 27.8 Å². The highest BCUT2D eigenvalue weighted by Crippen LogP contribution is 2.16. The van der Waals surface area contributed by atoms with Gasteiger partial charge in [0.1, 0.15) is 6.73 Å². The number of carbonyl (C=O) groups is 1. The SMILES string of the molecule is CCc1c(Cc2cc(C)cc(C)c2)n(COCc2ccc(C#CC=O)cc2)c(=O)[nH]c1=O. The molecule has 1 aromatic heterocycles. The minimum Gasteiger partial charge on any atom is -0.356 e. The zero-order chi connectivity index (χ0) is 23.1. The fraction of sp³-hybridized carbons (Fsp3) is 0.269. The number of aromatic nitrogens is 2. The van der Waals surface area contributed by atoms with Crippen molar-refractivity contribution in [3.8, 4) is 11.8 Å². The summed E-state index contributed by atoms with van der Waals surface area (Å²) in [5, 5.41) is 0. The van der Waals surface area contributed by atoms with Crippen LogP contribution in [0.2, 0.25) is 0 Å². The van der Waals surface area contributed by atoms with Gasteiger partial charge in [-0.25, -0.2) is 4.79 Å². The van der Waals surface area contributed by atoms with Gasteiger partial charge in [-0.2, -0.15) is 0 Å². The first-order chi connectivity index (χ1) is 15.4. The summed E-state index contributed by atoms with van der Waals surface area (Å²) in [6.07, 6.45) is 1.54. The molecular formula is C26H26N2O4. The van der Waals surface area contributed by atoms with Crippen molar-refractivity contribution < 1.29 is 9.53 Å². The van der Waals surface area contributed by atoms with Crippen LogP contribution in [0.25, 0.3) is 0 Å².